The smallest absolute Gasteiger partial charge is 0.224 e. The Hall–Kier alpha value is -1.36. The molecule has 1 aromatic rings. The molecule has 1 amide bonds. The van der Waals surface area contributed by atoms with Crippen LogP contribution in [0.5, 0.6) is 0 Å². The van der Waals surface area contributed by atoms with Crippen molar-refractivity contribution in [2.24, 2.45) is 11.7 Å². The van der Waals surface area contributed by atoms with Gasteiger partial charge in [-0.2, -0.15) is 5.10 Å². The molecule has 5 nitrogen and oxygen atoms in total. The van der Waals surface area contributed by atoms with E-state index >= 15 is 0 Å². The molecular formula is C14H26N4O. The number of rotatable bonds is 6. The van der Waals surface area contributed by atoms with Crippen LogP contribution in [0.15, 0.2) is 0 Å². The van der Waals surface area contributed by atoms with Crippen LogP contribution in [0.4, 0.5) is 5.69 Å². The van der Waals surface area contributed by atoms with Crippen LogP contribution in [-0.4, -0.2) is 22.2 Å². The summed E-state index contributed by atoms with van der Waals surface area (Å²) in [6.07, 6.45) is 1.39. The van der Waals surface area contributed by atoms with Crippen LogP contribution in [0, 0.1) is 19.8 Å². The number of hydrogen-bond donors (Lipinski definition) is 2. The van der Waals surface area contributed by atoms with Gasteiger partial charge in [0.05, 0.1) is 17.1 Å². The molecule has 108 valence electrons. The van der Waals surface area contributed by atoms with E-state index in [2.05, 4.69) is 31.2 Å². The SMILES string of the molecule is CCC(CN)CC(=O)Nc1c(C)nn(C(C)C)c1C. The number of nitrogens with two attached hydrogens (primary N) is 1. The summed E-state index contributed by atoms with van der Waals surface area (Å²) in [7, 11) is 0. The van der Waals surface area contributed by atoms with Crippen molar-refractivity contribution in [2.75, 3.05) is 11.9 Å². The maximum absolute atomic E-state index is 12.0. The van der Waals surface area contributed by atoms with E-state index < -0.39 is 0 Å². The fourth-order valence-electron chi connectivity index (χ4n) is 2.19. The lowest BCUT2D eigenvalue weighted by atomic mass is 10.0. The monoisotopic (exact) mass is 266 g/mol. The van der Waals surface area contributed by atoms with Crippen molar-refractivity contribution in [2.45, 2.75) is 53.5 Å². The Balaban J connectivity index is 2.80. The van der Waals surface area contributed by atoms with E-state index in [0.29, 0.717) is 13.0 Å². The maximum atomic E-state index is 12.0. The van der Waals surface area contributed by atoms with Gasteiger partial charge in [-0.3, -0.25) is 9.48 Å². The number of aryl methyl sites for hydroxylation is 1. The lowest BCUT2D eigenvalue weighted by molar-refractivity contribution is -0.117. The van der Waals surface area contributed by atoms with Crippen molar-refractivity contribution in [3.05, 3.63) is 11.4 Å². The van der Waals surface area contributed by atoms with Gasteiger partial charge in [0.1, 0.15) is 0 Å². The maximum Gasteiger partial charge on any atom is 0.224 e. The van der Waals surface area contributed by atoms with Gasteiger partial charge in [0.2, 0.25) is 5.91 Å². The quantitative estimate of drug-likeness (QED) is 0.830. The third kappa shape index (κ3) is 3.80. The highest BCUT2D eigenvalue weighted by Crippen LogP contribution is 2.23. The number of carbonyl (C=O) groups excluding carboxylic acids is 1. The minimum Gasteiger partial charge on any atom is -0.330 e. The highest BCUT2D eigenvalue weighted by Gasteiger charge is 2.17. The van der Waals surface area contributed by atoms with Crippen molar-refractivity contribution in [3.63, 3.8) is 0 Å². The molecule has 0 bridgehead atoms. The molecule has 0 fully saturated rings. The van der Waals surface area contributed by atoms with Gasteiger partial charge < -0.3 is 11.1 Å². The number of aromatic nitrogens is 2. The van der Waals surface area contributed by atoms with Crippen LogP contribution in [0.3, 0.4) is 0 Å². The fraction of sp³-hybridized carbons (Fsp3) is 0.714. The van der Waals surface area contributed by atoms with Gasteiger partial charge in [0.25, 0.3) is 0 Å². The van der Waals surface area contributed by atoms with E-state index in [0.717, 1.165) is 23.5 Å². The Morgan fingerprint density at radius 2 is 2.05 bits per heavy atom. The van der Waals surface area contributed by atoms with E-state index in [9.17, 15) is 4.79 Å². The molecule has 0 aliphatic carbocycles. The molecule has 1 heterocycles. The lowest BCUT2D eigenvalue weighted by Gasteiger charge is -2.13. The second-order valence-corrected chi connectivity index (χ2v) is 5.35. The van der Waals surface area contributed by atoms with Gasteiger partial charge in [0.15, 0.2) is 0 Å². The normalized spacial score (nSPS) is 12.8. The van der Waals surface area contributed by atoms with Gasteiger partial charge in [-0.1, -0.05) is 13.3 Å². The standard InChI is InChI=1S/C14H26N4O/c1-6-12(8-15)7-13(19)16-14-10(4)17-18(9(2)3)11(14)5/h9,12H,6-8,15H2,1-5H3,(H,16,19). The second-order valence-electron chi connectivity index (χ2n) is 5.35. The first-order valence-corrected chi connectivity index (χ1v) is 6.96. The molecule has 0 spiro atoms. The number of carbonyl (C=O) groups is 1. The average molecular weight is 266 g/mol. The Kier molecular flexibility index (Phi) is 5.54. The Morgan fingerprint density at radius 3 is 2.47 bits per heavy atom. The van der Waals surface area contributed by atoms with E-state index in [1.165, 1.54) is 0 Å². The Bertz CT molecular complexity index is 433. The summed E-state index contributed by atoms with van der Waals surface area (Å²) in [5.74, 6) is 0.271. The molecule has 1 unspecified atom stereocenters. The van der Waals surface area contributed by atoms with Gasteiger partial charge in [-0.05, 0) is 40.2 Å². The van der Waals surface area contributed by atoms with Crippen molar-refractivity contribution in [1.82, 2.24) is 9.78 Å². The van der Waals surface area contributed by atoms with E-state index in [4.69, 9.17) is 5.73 Å². The number of anilines is 1. The lowest BCUT2D eigenvalue weighted by Crippen LogP contribution is -2.22. The molecule has 1 rings (SSSR count). The largest absolute Gasteiger partial charge is 0.330 e. The van der Waals surface area contributed by atoms with Crippen LogP contribution < -0.4 is 11.1 Å². The van der Waals surface area contributed by atoms with E-state index in [-0.39, 0.29) is 17.9 Å². The summed E-state index contributed by atoms with van der Waals surface area (Å²) < 4.78 is 1.94. The minimum absolute atomic E-state index is 0.0202. The van der Waals surface area contributed by atoms with Crippen molar-refractivity contribution >= 4 is 11.6 Å². The zero-order valence-electron chi connectivity index (χ0n) is 12.7. The molecule has 5 heteroatoms. The van der Waals surface area contributed by atoms with Crippen LogP contribution in [0.2, 0.25) is 0 Å². The van der Waals surface area contributed by atoms with Crippen molar-refractivity contribution in [1.29, 1.82) is 0 Å². The molecule has 0 aliphatic rings. The zero-order valence-corrected chi connectivity index (χ0v) is 12.7. The predicted octanol–water partition coefficient (Wildman–Crippen LogP) is 2.39. The third-order valence-electron chi connectivity index (χ3n) is 3.46. The van der Waals surface area contributed by atoms with Crippen LogP contribution in [0.25, 0.3) is 0 Å². The zero-order chi connectivity index (χ0) is 14.6. The number of nitrogens with zero attached hydrogens (tertiary/aromatic N) is 2. The van der Waals surface area contributed by atoms with Crippen LogP contribution in [0.1, 0.15) is 51.0 Å². The van der Waals surface area contributed by atoms with Crippen LogP contribution >= 0.6 is 0 Å². The topological polar surface area (TPSA) is 72.9 Å². The summed E-state index contributed by atoms with van der Waals surface area (Å²) >= 11 is 0. The minimum atomic E-state index is 0.0202. The molecular weight excluding hydrogens is 240 g/mol. The van der Waals surface area contributed by atoms with Crippen LogP contribution in [-0.2, 0) is 4.79 Å². The van der Waals surface area contributed by atoms with Crippen molar-refractivity contribution < 1.29 is 4.79 Å². The highest BCUT2D eigenvalue weighted by molar-refractivity contribution is 5.92. The Morgan fingerprint density at radius 1 is 1.42 bits per heavy atom. The molecule has 1 aromatic heterocycles. The first kappa shape index (κ1) is 15.7. The van der Waals surface area contributed by atoms with Gasteiger partial charge >= 0.3 is 0 Å². The second kappa shape index (κ2) is 6.70. The molecule has 19 heavy (non-hydrogen) atoms. The summed E-state index contributed by atoms with van der Waals surface area (Å²) in [6, 6.07) is 0.289. The van der Waals surface area contributed by atoms with Crippen molar-refractivity contribution in [3.8, 4) is 0 Å². The Labute approximate surface area is 115 Å². The summed E-state index contributed by atoms with van der Waals surface area (Å²) in [5.41, 5.74) is 8.33. The molecule has 0 saturated carbocycles. The predicted molar refractivity (Wildman–Crippen MR) is 78.2 cm³/mol. The molecule has 1 atom stereocenters. The summed E-state index contributed by atoms with van der Waals surface area (Å²) in [6.45, 7) is 10.7. The molecule has 0 aromatic carbocycles. The van der Waals surface area contributed by atoms with E-state index in [1.54, 1.807) is 0 Å². The molecule has 0 saturated heterocycles. The summed E-state index contributed by atoms with van der Waals surface area (Å²) in [5, 5.41) is 7.43. The fourth-order valence-corrected chi connectivity index (χ4v) is 2.19. The molecule has 0 aliphatic heterocycles. The first-order valence-electron chi connectivity index (χ1n) is 6.96. The van der Waals surface area contributed by atoms with E-state index in [1.807, 2.05) is 18.5 Å². The number of amides is 1. The van der Waals surface area contributed by atoms with Gasteiger partial charge in [-0.15, -0.1) is 0 Å². The third-order valence-corrected chi connectivity index (χ3v) is 3.46. The highest BCUT2D eigenvalue weighted by atomic mass is 16.1. The molecule has 0 radical (unpaired) electrons. The first-order chi connectivity index (χ1) is 8.90. The number of hydrogen-bond acceptors (Lipinski definition) is 3. The van der Waals surface area contributed by atoms with Gasteiger partial charge in [0, 0.05) is 12.5 Å². The van der Waals surface area contributed by atoms with Gasteiger partial charge in [-0.25, -0.2) is 0 Å². The number of nitrogens with one attached hydrogen (secondary N) is 1. The summed E-state index contributed by atoms with van der Waals surface area (Å²) in [4.78, 5) is 12.0. The average Bonchev–Trinajstić information content (AvgIpc) is 2.64. The molecule has 3 N–H and O–H groups in total.